The third-order valence-electron chi connectivity index (χ3n) is 3.13. The number of aryl methyl sites for hydroxylation is 1. The van der Waals surface area contributed by atoms with Gasteiger partial charge in [0.25, 0.3) is 0 Å². The zero-order valence-electron chi connectivity index (χ0n) is 9.65. The van der Waals surface area contributed by atoms with Crippen LogP contribution >= 0.6 is 0 Å². The minimum Gasteiger partial charge on any atom is -0.334 e. The third kappa shape index (κ3) is 2.81. The van der Waals surface area contributed by atoms with Crippen molar-refractivity contribution >= 4 is 0 Å². The van der Waals surface area contributed by atoms with Crippen LogP contribution in [0.4, 0.5) is 0 Å². The van der Waals surface area contributed by atoms with Crippen molar-refractivity contribution in [2.75, 3.05) is 19.6 Å². The molecule has 1 aromatic rings. The summed E-state index contributed by atoms with van der Waals surface area (Å²) in [7, 11) is 0. The second-order valence-corrected chi connectivity index (χ2v) is 4.34. The van der Waals surface area contributed by atoms with Crippen molar-refractivity contribution in [3.63, 3.8) is 0 Å². The molecule has 84 valence electrons. The first-order valence-electron chi connectivity index (χ1n) is 6.12. The van der Waals surface area contributed by atoms with Gasteiger partial charge in [-0.15, -0.1) is 0 Å². The number of hydrogen-bond donors (Lipinski definition) is 0. The summed E-state index contributed by atoms with van der Waals surface area (Å²) in [5.74, 6) is 1.25. The topological polar surface area (TPSA) is 21.1 Å². The SMILES string of the molecule is CCCc1nccn1CCN1CCCC1. The zero-order chi connectivity index (χ0) is 10.5. The maximum atomic E-state index is 4.40. The number of rotatable bonds is 5. The lowest BCUT2D eigenvalue weighted by Gasteiger charge is -2.15. The standard InChI is InChI=1S/C12H21N3/c1-2-5-12-13-6-9-15(12)11-10-14-7-3-4-8-14/h6,9H,2-5,7-8,10-11H2,1H3. The van der Waals surface area contributed by atoms with Crippen molar-refractivity contribution in [1.82, 2.24) is 14.5 Å². The van der Waals surface area contributed by atoms with Crippen molar-refractivity contribution in [2.24, 2.45) is 0 Å². The molecule has 1 aromatic heterocycles. The fourth-order valence-corrected chi connectivity index (χ4v) is 2.25. The third-order valence-corrected chi connectivity index (χ3v) is 3.13. The molecule has 3 heteroatoms. The summed E-state index contributed by atoms with van der Waals surface area (Å²) in [5.41, 5.74) is 0. The second kappa shape index (κ2) is 5.31. The highest BCUT2D eigenvalue weighted by Gasteiger charge is 2.11. The number of imidazole rings is 1. The summed E-state index contributed by atoms with van der Waals surface area (Å²) < 4.78 is 2.31. The summed E-state index contributed by atoms with van der Waals surface area (Å²) in [5, 5.41) is 0. The molecule has 0 spiro atoms. The highest BCUT2D eigenvalue weighted by Crippen LogP contribution is 2.08. The summed E-state index contributed by atoms with van der Waals surface area (Å²) >= 11 is 0. The van der Waals surface area contributed by atoms with E-state index in [2.05, 4.69) is 27.6 Å². The van der Waals surface area contributed by atoms with Crippen molar-refractivity contribution in [3.8, 4) is 0 Å². The molecule has 0 unspecified atom stereocenters. The van der Waals surface area contributed by atoms with E-state index in [0.717, 1.165) is 13.0 Å². The molecular formula is C12H21N3. The van der Waals surface area contributed by atoms with E-state index in [9.17, 15) is 0 Å². The largest absolute Gasteiger partial charge is 0.334 e. The van der Waals surface area contributed by atoms with Gasteiger partial charge in [-0.1, -0.05) is 6.92 Å². The van der Waals surface area contributed by atoms with Crippen LogP contribution < -0.4 is 0 Å². The van der Waals surface area contributed by atoms with Gasteiger partial charge >= 0.3 is 0 Å². The first-order chi connectivity index (χ1) is 7.40. The molecule has 0 aromatic carbocycles. The molecule has 0 saturated carbocycles. The summed E-state index contributed by atoms with van der Waals surface area (Å²) in [6.07, 6.45) is 9.08. The Morgan fingerprint density at radius 1 is 1.27 bits per heavy atom. The summed E-state index contributed by atoms with van der Waals surface area (Å²) in [6, 6.07) is 0. The van der Waals surface area contributed by atoms with E-state index >= 15 is 0 Å². The Morgan fingerprint density at radius 3 is 2.80 bits per heavy atom. The van der Waals surface area contributed by atoms with Crippen LogP contribution in [0.5, 0.6) is 0 Å². The van der Waals surface area contributed by atoms with Crippen molar-refractivity contribution in [1.29, 1.82) is 0 Å². The van der Waals surface area contributed by atoms with Crippen LogP contribution in [0.2, 0.25) is 0 Å². The van der Waals surface area contributed by atoms with E-state index < -0.39 is 0 Å². The van der Waals surface area contributed by atoms with Crippen LogP contribution in [0.15, 0.2) is 12.4 Å². The van der Waals surface area contributed by atoms with Gasteiger partial charge in [0.1, 0.15) is 5.82 Å². The van der Waals surface area contributed by atoms with Crippen LogP contribution in [0, 0.1) is 0 Å². The average Bonchev–Trinajstić information content (AvgIpc) is 2.85. The van der Waals surface area contributed by atoms with Crippen molar-refractivity contribution in [2.45, 2.75) is 39.2 Å². The van der Waals surface area contributed by atoms with E-state index in [4.69, 9.17) is 0 Å². The minimum absolute atomic E-state index is 1.10. The van der Waals surface area contributed by atoms with Gasteiger partial charge in [0.15, 0.2) is 0 Å². The normalized spacial score (nSPS) is 17.4. The number of hydrogen-bond acceptors (Lipinski definition) is 2. The molecule has 2 rings (SSSR count). The maximum Gasteiger partial charge on any atom is 0.108 e. The second-order valence-electron chi connectivity index (χ2n) is 4.34. The van der Waals surface area contributed by atoms with Crippen LogP contribution in [-0.4, -0.2) is 34.1 Å². The average molecular weight is 207 g/mol. The van der Waals surface area contributed by atoms with E-state index in [-0.39, 0.29) is 0 Å². The van der Waals surface area contributed by atoms with E-state index in [1.54, 1.807) is 0 Å². The summed E-state index contributed by atoms with van der Waals surface area (Å²) in [4.78, 5) is 6.95. The molecule has 0 radical (unpaired) electrons. The van der Waals surface area contributed by atoms with Crippen molar-refractivity contribution < 1.29 is 0 Å². The number of likely N-dealkylation sites (tertiary alicyclic amines) is 1. The van der Waals surface area contributed by atoms with E-state index in [0.29, 0.717) is 0 Å². The van der Waals surface area contributed by atoms with Gasteiger partial charge < -0.3 is 9.47 Å². The lowest BCUT2D eigenvalue weighted by Crippen LogP contribution is -2.24. The Bertz CT molecular complexity index is 287. The monoisotopic (exact) mass is 207 g/mol. The predicted molar refractivity (Wildman–Crippen MR) is 61.9 cm³/mol. The van der Waals surface area contributed by atoms with Gasteiger partial charge in [0.2, 0.25) is 0 Å². The summed E-state index contributed by atoms with van der Waals surface area (Å²) in [6.45, 7) is 7.08. The lowest BCUT2D eigenvalue weighted by molar-refractivity contribution is 0.320. The molecule has 1 saturated heterocycles. The molecule has 1 fully saturated rings. The molecule has 1 aliphatic rings. The molecule has 0 bridgehead atoms. The quantitative estimate of drug-likeness (QED) is 0.735. The molecule has 1 aliphatic heterocycles. The minimum atomic E-state index is 1.10. The van der Waals surface area contributed by atoms with Gasteiger partial charge in [0.05, 0.1) is 0 Å². The van der Waals surface area contributed by atoms with Gasteiger partial charge in [-0.05, 0) is 32.4 Å². The lowest BCUT2D eigenvalue weighted by atomic mass is 10.3. The van der Waals surface area contributed by atoms with Crippen LogP contribution in [0.25, 0.3) is 0 Å². The van der Waals surface area contributed by atoms with E-state index in [1.165, 1.54) is 44.7 Å². The Morgan fingerprint density at radius 2 is 2.07 bits per heavy atom. The molecule has 0 N–H and O–H groups in total. The van der Waals surface area contributed by atoms with Crippen LogP contribution in [0.3, 0.4) is 0 Å². The molecule has 0 amide bonds. The first kappa shape index (κ1) is 10.7. The Labute approximate surface area is 92.1 Å². The highest BCUT2D eigenvalue weighted by atomic mass is 15.2. The van der Waals surface area contributed by atoms with Gasteiger partial charge in [-0.3, -0.25) is 0 Å². The Hall–Kier alpha value is -0.830. The molecule has 0 atom stereocenters. The fraction of sp³-hybridized carbons (Fsp3) is 0.750. The van der Waals surface area contributed by atoms with Gasteiger partial charge in [-0.2, -0.15) is 0 Å². The molecule has 3 nitrogen and oxygen atoms in total. The predicted octanol–water partition coefficient (Wildman–Crippen LogP) is 1.93. The van der Waals surface area contributed by atoms with Gasteiger partial charge in [-0.25, -0.2) is 4.98 Å². The smallest absolute Gasteiger partial charge is 0.108 e. The number of nitrogens with zero attached hydrogens (tertiary/aromatic N) is 3. The number of aromatic nitrogens is 2. The molecular weight excluding hydrogens is 186 g/mol. The first-order valence-corrected chi connectivity index (χ1v) is 6.12. The van der Waals surface area contributed by atoms with Crippen LogP contribution in [0.1, 0.15) is 32.0 Å². The molecule has 15 heavy (non-hydrogen) atoms. The molecule has 2 heterocycles. The fourth-order valence-electron chi connectivity index (χ4n) is 2.25. The van der Waals surface area contributed by atoms with Crippen molar-refractivity contribution in [3.05, 3.63) is 18.2 Å². The highest BCUT2D eigenvalue weighted by molar-refractivity contribution is 4.92. The maximum absolute atomic E-state index is 4.40. The Kier molecular flexibility index (Phi) is 3.78. The van der Waals surface area contributed by atoms with Gasteiger partial charge in [0, 0.05) is 31.9 Å². The van der Waals surface area contributed by atoms with E-state index in [1.807, 2.05) is 6.20 Å². The molecule has 0 aliphatic carbocycles. The van der Waals surface area contributed by atoms with Crippen LogP contribution in [-0.2, 0) is 13.0 Å². The Balaban J connectivity index is 1.83. The zero-order valence-corrected chi connectivity index (χ0v) is 9.65.